The fourth-order valence-electron chi connectivity index (χ4n) is 2.05. The van der Waals surface area contributed by atoms with E-state index in [4.69, 9.17) is 0 Å². The van der Waals surface area contributed by atoms with E-state index in [2.05, 4.69) is 42.6 Å². The molecule has 0 spiro atoms. The molecular weight excluding hydrogens is 186 g/mol. The number of hydrogen-bond acceptors (Lipinski definition) is 2. The van der Waals surface area contributed by atoms with Gasteiger partial charge in [0.15, 0.2) is 0 Å². The molecule has 3 heteroatoms. The van der Waals surface area contributed by atoms with Gasteiger partial charge in [-0.3, -0.25) is 4.90 Å². The summed E-state index contributed by atoms with van der Waals surface area (Å²) in [5, 5.41) is 0. The SMILES string of the molecule is CC(C)c1nc2c([nH]1)CN(C(C)C)CC2. The lowest BCUT2D eigenvalue weighted by molar-refractivity contribution is 0.200. The average molecular weight is 207 g/mol. The highest BCUT2D eigenvalue weighted by Gasteiger charge is 2.22. The molecule has 1 aromatic rings. The Morgan fingerprint density at radius 3 is 2.60 bits per heavy atom. The van der Waals surface area contributed by atoms with Crippen molar-refractivity contribution in [2.24, 2.45) is 0 Å². The first-order chi connectivity index (χ1) is 7.08. The lowest BCUT2D eigenvalue weighted by atomic mass is 10.1. The van der Waals surface area contributed by atoms with Gasteiger partial charge < -0.3 is 4.98 Å². The van der Waals surface area contributed by atoms with E-state index < -0.39 is 0 Å². The molecule has 1 aliphatic heterocycles. The molecular formula is C12H21N3. The van der Waals surface area contributed by atoms with Crippen molar-refractivity contribution in [2.45, 2.75) is 52.6 Å². The first-order valence-electron chi connectivity index (χ1n) is 5.89. The molecule has 1 aliphatic rings. The Morgan fingerprint density at radius 2 is 2.00 bits per heavy atom. The Kier molecular flexibility index (Phi) is 2.83. The molecule has 0 amide bonds. The van der Waals surface area contributed by atoms with Crippen LogP contribution in [0, 0.1) is 0 Å². The molecule has 3 nitrogen and oxygen atoms in total. The van der Waals surface area contributed by atoms with Crippen LogP contribution in [-0.4, -0.2) is 27.5 Å². The summed E-state index contributed by atoms with van der Waals surface area (Å²) in [5.74, 6) is 1.65. The van der Waals surface area contributed by atoms with E-state index in [1.807, 2.05) is 0 Å². The minimum atomic E-state index is 0.503. The maximum absolute atomic E-state index is 4.66. The van der Waals surface area contributed by atoms with E-state index in [1.54, 1.807) is 0 Å². The molecule has 0 aromatic carbocycles. The van der Waals surface area contributed by atoms with E-state index in [9.17, 15) is 0 Å². The van der Waals surface area contributed by atoms with Crippen molar-refractivity contribution in [1.29, 1.82) is 0 Å². The van der Waals surface area contributed by atoms with Gasteiger partial charge in [-0.1, -0.05) is 13.8 Å². The number of nitrogens with one attached hydrogen (secondary N) is 1. The Balaban J connectivity index is 2.19. The van der Waals surface area contributed by atoms with Crippen LogP contribution in [0.25, 0.3) is 0 Å². The van der Waals surface area contributed by atoms with Crippen LogP contribution in [0.1, 0.15) is 50.8 Å². The van der Waals surface area contributed by atoms with Crippen LogP contribution >= 0.6 is 0 Å². The van der Waals surface area contributed by atoms with E-state index in [0.29, 0.717) is 12.0 Å². The van der Waals surface area contributed by atoms with Crippen molar-refractivity contribution in [3.63, 3.8) is 0 Å². The van der Waals surface area contributed by atoms with E-state index in [-0.39, 0.29) is 0 Å². The molecule has 1 N–H and O–H groups in total. The van der Waals surface area contributed by atoms with Crippen molar-refractivity contribution < 1.29 is 0 Å². The van der Waals surface area contributed by atoms with Gasteiger partial charge in [0.25, 0.3) is 0 Å². The number of fused-ring (bicyclic) bond motifs is 1. The number of rotatable bonds is 2. The summed E-state index contributed by atoms with van der Waals surface area (Å²) in [4.78, 5) is 10.6. The third-order valence-electron chi connectivity index (χ3n) is 3.16. The number of imidazole rings is 1. The first kappa shape index (κ1) is 10.7. The molecule has 0 aliphatic carbocycles. The van der Waals surface area contributed by atoms with Crippen LogP contribution in [0.2, 0.25) is 0 Å². The molecule has 0 fully saturated rings. The lowest BCUT2D eigenvalue weighted by Crippen LogP contribution is -2.35. The van der Waals surface area contributed by atoms with Crippen LogP contribution < -0.4 is 0 Å². The highest BCUT2D eigenvalue weighted by Crippen LogP contribution is 2.21. The minimum Gasteiger partial charge on any atom is -0.344 e. The largest absolute Gasteiger partial charge is 0.344 e. The third-order valence-corrected chi connectivity index (χ3v) is 3.16. The molecule has 84 valence electrons. The number of aromatic amines is 1. The fourth-order valence-corrected chi connectivity index (χ4v) is 2.05. The van der Waals surface area contributed by atoms with Crippen molar-refractivity contribution in [1.82, 2.24) is 14.9 Å². The van der Waals surface area contributed by atoms with E-state index >= 15 is 0 Å². The first-order valence-corrected chi connectivity index (χ1v) is 5.89. The minimum absolute atomic E-state index is 0.503. The second kappa shape index (κ2) is 3.97. The normalized spacial score (nSPS) is 17.5. The zero-order valence-electron chi connectivity index (χ0n) is 10.2. The van der Waals surface area contributed by atoms with Gasteiger partial charge in [0.1, 0.15) is 5.82 Å². The van der Waals surface area contributed by atoms with Crippen LogP contribution in [0.15, 0.2) is 0 Å². The van der Waals surface area contributed by atoms with Crippen LogP contribution in [0.5, 0.6) is 0 Å². The van der Waals surface area contributed by atoms with Crippen LogP contribution in [0.3, 0.4) is 0 Å². The van der Waals surface area contributed by atoms with Gasteiger partial charge >= 0.3 is 0 Å². The summed E-state index contributed by atoms with van der Waals surface area (Å²) >= 11 is 0. The molecule has 2 heterocycles. The van der Waals surface area contributed by atoms with Crippen LogP contribution in [0.4, 0.5) is 0 Å². The van der Waals surface area contributed by atoms with Gasteiger partial charge in [0.05, 0.1) is 11.4 Å². The standard InChI is InChI=1S/C12H21N3/c1-8(2)12-13-10-5-6-15(9(3)4)7-11(10)14-12/h8-9H,5-7H2,1-4H3,(H,13,14). The maximum Gasteiger partial charge on any atom is 0.109 e. The number of hydrogen-bond donors (Lipinski definition) is 1. The van der Waals surface area contributed by atoms with Gasteiger partial charge in [-0.15, -0.1) is 0 Å². The van der Waals surface area contributed by atoms with Crippen molar-refractivity contribution in [3.05, 3.63) is 17.2 Å². The zero-order chi connectivity index (χ0) is 11.0. The van der Waals surface area contributed by atoms with Crippen LogP contribution in [-0.2, 0) is 13.0 Å². The average Bonchev–Trinajstić information content (AvgIpc) is 2.59. The van der Waals surface area contributed by atoms with Gasteiger partial charge in [0.2, 0.25) is 0 Å². The van der Waals surface area contributed by atoms with Crippen molar-refractivity contribution >= 4 is 0 Å². The topological polar surface area (TPSA) is 31.9 Å². The lowest BCUT2D eigenvalue weighted by Gasteiger charge is -2.29. The van der Waals surface area contributed by atoms with Gasteiger partial charge in [-0.25, -0.2) is 4.98 Å². The smallest absolute Gasteiger partial charge is 0.109 e. The number of nitrogens with zero attached hydrogens (tertiary/aromatic N) is 2. The molecule has 2 rings (SSSR count). The summed E-state index contributed by atoms with van der Waals surface area (Å²) in [6.45, 7) is 11.1. The molecule has 15 heavy (non-hydrogen) atoms. The van der Waals surface area contributed by atoms with E-state index in [1.165, 1.54) is 11.4 Å². The molecule has 0 atom stereocenters. The summed E-state index contributed by atoms with van der Waals surface area (Å²) in [6.07, 6.45) is 1.09. The summed E-state index contributed by atoms with van der Waals surface area (Å²) in [6, 6.07) is 0.629. The molecule has 0 radical (unpaired) electrons. The molecule has 0 unspecified atom stereocenters. The number of aromatic nitrogens is 2. The van der Waals surface area contributed by atoms with Crippen molar-refractivity contribution in [3.8, 4) is 0 Å². The summed E-state index contributed by atoms with van der Waals surface area (Å²) < 4.78 is 0. The fraction of sp³-hybridized carbons (Fsp3) is 0.750. The molecule has 1 aromatic heterocycles. The maximum atomic E-state index is 4.66. The predicted octanol–water partition coefficient (Wildman–Crippen LogP) is 2.30. The quantitative estimate of drug-likeness (QED) is 0.807. The Labute approximate surface area is 91.9 Å². The molecule has 0 saturated heterocycles. The van der Waals surface area contributed by atoms with Gasteiger partial charge in [-0.2, -0.15) is 0 Å². The third kappa shape index (κ3) is 2.07. The monoisotopic (exact) mass is 207 g/mol. The second-order valence-electron chi connectivity index (χ2n) is 5.02. The van der Waals surface area contributed by atoms with Gasteiger partial charge in [0, 0.05) is 31.5 Å². The predicted molar refractivity (Wildman–Crippen MR) is 61.9 cm³/mol. The number of H-pyrrole nitrogens is 1. The summed E-state index contributed by atoms with van der Waals surface area (Å²) in [5.41, 5.74) is 2.62. The molecule has 0 saturated carbocycles. The highest BCUT2D eigenvalue weighted by atomic mass is 15.2. The van der Waals surface area contributed by atoms with Gasteiger partial charge in [-0.05, 0) is 13.8 Å². The Hall–Kier alpha value is -0.830. The second-order valence-corrected chi connectivity index (χ2v) is 5.02. The Morgan fingerprint density at radius 1 is 1.27 bits per heavy atom. The van der Waals surface area contributed by atoms with E-state index in [0.717, 1.165) is 25.3 Å². The summed E-state index contributed by atoms with van der Waals surface area (Å²) in [7, 11) is 0. The van der Waals surface area contributed by atoms with Crippen molar-refractivity contribution in [2.75, 3.05) is 6.54 Å². The Bertz CT molecular complexity index is 339. The highest BCUT2D eigenvalue weighted by molar-refractivity contribution is 5.19. The zero-order valence-corrected chi connectivity index (χ0v) is 10.2. The molecule has 0 bridgehead atoms.